The van der Waals surface area contributed by atoms with Gasteiger partial charge < -0.3 is 15.1 Å². The highest BCUT2D eigenvalue weighted by Gasteiger charge is 2.35. The van der Waals surface area contributed by atoms with Crippen molar-refractivity contribution in [3.63, 3.8) is 0 Å². The van der Waals surface area contributed by atoms with Crippen LogP contribution in [0.3, 0.4) is 0 Å². The molecular formula is C18H23N3O4S. The third-order valence-corrected chi connectivity index (χ3v) is 5.37. The number of fused-ring (bicyclic) bond motifs is 1. The van der Waals surface area contributed by atoms with E-state index in [0.29, 0.717) is 5.69 Å². The lowest BCUT2D eigenvalue weighted by molar-refractivity contribution is 0.222. The molecular weight excluding hydrogens is 354 g/mol. The monoisotopic (exact) mass is 377 g/mol. The van der Waals surface area contributed by atoms with Gasteiger partial charge in [-0.25, -0.2) is 18.4 Å². The second-order valence-corrected chi connectivity index (χ2v) is 9.07. The summed E-state index contributed by atoms with van der Waals surface area (Å²) in [5.74, 6) is 1.72. The summed E-state index contributed by atoms with van der Waals surface area (Å²) < 4.78 is 28.6. The average Bonchev–Trinajstić information content (AvgIpc) is 2.85. The van der Waals surface area contributed by atoms with Crippen molar-refractivity contribution in [2.24, 2.45) is 10.6 Å². The van der Waals surface area contributed by atoms with E-state index in [0.717, 1.165) is 29.9 Å². The van der Waals surface area contributed by atoms with E-state index in [2.05, 4.69) is 24.5 Å². The number of amides is 2. The second-order valence-electron chi connectivity index (χ2n) is 7.50. The second kappa shape index (κ2) is 6.44. The predicted molar refractivity (Wildman–Crippen MR) is 98.3 cm³/mol. The van der Waals surface area contributed by atoms with Crippen molar-refractivity contribution >= 4 is 21.7 Å². The van der Waals surface area contributed by atoms with E-state index >= 15 is 0 Å². The maximum absolute atomic E-state index is 12.4. The molecule has 0 spiro atoms. The molecule has 1 aromatic heterocycles. The zero-order valence-corrected chi connectivity index (χ0v) is 15.8. The number of aryl methyl sites for hydroxylation is 1. The summed E-state index contributed by atoms with van der Waals surface area (Å²) in [6, 6.07) is 7.20. The fraction of sp³-hybridized carbons (Fsp3) is 0.389. The highest BCUT2D eigenvalue weighted by molar-refractivity contribution is 7.89. The van der Waals surface area contributed by atoms with Gasteiger partial charge in [-0.2, -0.15) is 0 Å². The van der Waals surface area contributed by atoms with E-state index in [9.17, 15) is 13.2 Å². The lowest BCUT2D eigenvalue weighted by atomic mass is 9.75. The van der Waals surface area contributed by atoms with Crippen LogP contribution < -0.4 is 15.8 Å². The summed E-state index contributed by atoms with van der Waals surface area (Å²) in [7, 11) is -3.83. The van der Waals surface area contributed by atoms with Crippen LogP contribution in [0.2, 0.25) is 0 Å². The Balaban J connectivity index is 1.76. The predicted octanol–water partition coefficient (Wildman–Crippen LogP) is 3.07. The topological polar surface area (TPSA) is 114 Å². The Kier molecular flexibility index (Phi) is 4.58. The number of urea groups is 1. The number of carbonyl (C=O) groups excluding carboxylic acids is 1. The number of nitrogens with one attached hydrogen (secondary N) is 2. The summed E-state index contributed by atoms with van der Waals surface area (Å²) in [4.78, 5) is 12.4. The molecule has 26 heavy (non-hydrogen) atoms. The molecule has 2 amide bonds. The molecule has 0 saturated carbocycles. The van der Waals surface area contributed by atoms with Gasteiger partial charge in [-0.1, -0.05) is 19.9 Å². The number of anilines is 1. The molecule has 140 valence electrons. The van der Waals surface area contributed by atoms with Crippen LogP contribution in [0, 0.1) is 12.3 Å². The molecule has 0 bridgehead atoms. The van der Waals surface area contributed by atoms with Gasteiger partial charge in [0.05, 0.1) is 10.9 Å². The Bertz CT molecular complexity index is 947. The van der Waals surface area contributed by atoms with Crippen molar-refractivity contribution < 1.29 is 17.6 Å². The summed E-state index contributed by atoms with van der Waals surface area (Å²) in [6.07, 6.45) is 1.61. The number of furan rings is 1. The minimum atomic E-state index is -3.83. The number of hydrogen-bond donors (Lipinski definition) is 3. The van der Waals surface area contributed by atoms with Crippen LogP contribution in [-0.4, -0.2) is 14.4 Å². The molecule has 0 aliphatic heterocycles. The third kappa shape index (κ3) is 4.08. The zero-order chi connectivity index (χ0) is 19.1. The summed E-state index contributed by atoms with van der Waals surface area (Å²) in [6.45, 7) is 6.16. The fourth-order valence-electron chi connectivity index (χ4n) is 3.39. The van der Waals surface area contributed by atoms with E-state index < -0.39 is 16.1 Å². The Morgan fingerprint density at radius 2 is 2.04 bits per heavy atom. The highest BCUT2D eigenvalue weighted by atomic mass is 32.2. The van der Waals surface area contributed by atoms with Gasteiger partial charge >= 0.3 is 6.03 Å². The van der Waals surface area contributed by atoms with Gasteiger partial charge in [0.1, 0.15) is 11.5 Å². The van der Waals surface area contributed by atoms with Gasteiger partial charge in [0, 0.05) is 17.7 Å². The number of primary sulfonamides is 1. The number of benzene rings is 1. The molecule has 3 rings (SSSR count). The first-order chi connectivity index (χ1) is 12.0. The lowest BCUT2D eigenvalue weighted by Gasteiger charge is -2.34. The van der Waals surface area contributed by atoms with Crippen LogP contribution in [-0.2, 0) is 16.4 Å². The molecule has 0 saturated heterocycles. The Morgan fingerprint density at radius 3 is 2.73 bits per heavy atom. The van der Waals surface area contributed by atoms with Gasteiger partial charge in [0.15, 0.2) is 0 Å². The van der Waals surface area contributed by atoms with Crippen LogP contribution in [0.15, 0.2) is 39.6 Å². The minimum Gasteiger partial charge on any atom is -0.466 e. The van der Waals surface area contributed by atoms with E-state index in [-0.39, 0.29) is 16.4 Å². The standard InChI is InChI=1S/C18H23N3O4S/c1-11-7-14-15(9-18(2,3)10-16(14)25-11)21-17(22)20-12-5-4-6-13(8-12)26(19,23)24/h4-8,15H,9-10H2,1-3H3,(H2,19,23,24)(H2,20,21,22)/t15-/m0/s1. The molecule has 1 atom stereocenters. The molecule has 0 unspecified atom stereocenters. The number of nitrogens with two attached hydrogens (primary N) is 1. The first-order valence-corrected chi connectivity index (χ1v) is 9.88. The van der Waals surface area contributed by atoms with Crippen LogP contribution >= 0.6 is 0 Å². The summed E-state index contributed by atoms with van der Waals surface area (Å²) in [5.41, 5.74) is 1.35. The van der Waals surface area contributed by atoms with Crippen molar-refractivity contribution in [2.45, 2.75) is 44.6 Å². The molecule has 4 N–H and O–H groups in total. The molecule has 7 nitrogen and oxygen atoms in total. The van der Waals surface area contributed by atoms with Crippen molar-refractivity contribution in [3.05, 3.63) is 47.4 Å². The van der Waals surface area contributed by atoms with Gasteiger partial charge in [-0.15, -0.1) is 0 Å². The highest BCUT2D eigenvalue weighted by Crippen LogP contribution is 2.42. The number of sulfonamides is 1. The maximum Gasteiger partial charge on any atom is 0.319 e. The van der Waals surface area contributed by atoms with Gasteiger partial charge in [-0.3, -0.25) is 0 Å². The largest absolute Gasteiger partial charge is 0.466 e. The molecule has 0 radical (unpaired) electrons. The van der Waals surface area contributed by atoms with Gasteiger partial charge in [-0.05, 0) is 43.0 Å². The van der Waals surface area contributed by atoms with Crippen molar-refractivity contribution in [1.29, 1.82) is 0 Å². The van der Waals surface area contributed by atoms with Gasteiger partial charge in [0.2, 0.25) is 10.0 Å². The van der Waals surface area contributed by atoms with Crippen LogP contribution in [0.4, 0.5) is 10.5 Å². The Labute approximate surface area is 153 Å². The zero-order valence-electron chi connectivity index (χ0n) is 15.0. The lowest BCUT2D eigenvalue weighted by Crippen LogP contribution is -2.38. The summed E-state index contributed by atoms with van der Waals surface area (Å²) >= 11 is 0. The molecule has 1 aliphatic rings. The minimum absolute atomic E-state index is 0.00276. The smallest absolute Gasteiger partial charge is 0.319 e. The van der Waals surface area contributed by atoms with Crippen molar-refractivity contribution in [2.75, 3.05) is 5.32 Å². The van der Waals surface area contributed by atoms with Crippen molar-refractivity contribution in [3.8, 4) is 0 Å². The Hall–Kier alpha value is -2.32. The third-order valence-electron chi connectivity index (χ3n) is 4.46. The van der Waals surface area contributed by atoms with E-state index in [4.69, 9.17) is 9.56 Å². The summed E-state index contributed by atoms with van der Waals surface area (Å²) in [5, 5.41) is 10.8. The van der Waals surface area contributed by atoms with Crippen LogP contribution in [0.1, 0.15) is 43.4 Å². The number of carbonyl (C=O) groups is 1. The van der Waals surface area contributed by atoms with E-state index in [1.807, 2.05) is 13.0 Å². The van der Waals surface area contributed by atoms with E-state index in [1.54, 1.807) is 6.07 Å². The van der Waals surface area contributed by atoms with Crippen LogP contribution in [0.5, 0.6) is 0 Å². The number of hydrogen-bond acceptors (Lipinski definition) is 4. The fourth-order valence-corrected chi connectivity index (χ4v) is 3.95. The quantitative estimate of drug-likeness (QED) is 0.762. The van der Waals surface area contributed by atoms with Crippen molar-refractivity contribution in [1.82, 2.24) is 5.32 Å². The molecule has 1 aromatic carbocycles. The Morgan fingerprint density at radius 1 is 1.31 bits per heavy atom. The SMILES string of the molecule is Cc1cc2c(o1)CC(C)(C)C[C@@H]2NC(=O)Nc1cccc(S(N)(=O)=O)c1. The molecule has 1 heterocycles. The van der Waals surface area contributed by atoms with Crippen LogP contribution in [0.25, 0.3) is 0 Å². The normalized spacial score (nSPS) is 18.8. The average molecular weight is 377 g/mol. The molecule has 2 aromatic rings. The van der Waals surface area contributed by atoms with E-state index in [1.165, 1.54) is 18.2 Å². The molecule has 8 heteroatoms. The molecule has 0 fully saturated rings. The first kappa shape index (κ1) is 18.5. The van der Waals surface area contributed by atoms with Gasteiger partial charge in [0.25, 0.3) is 0 Å². The first-order valence-electron chi connectivity index (χ1n) is 8.33. The number of rotatable bonds is 3. The maximum atomic E-state index is 12.4. The molecule has 1 aliphatic carbocycles.